The van der Waals surface area contributed by atoms with Crippen LogP contribution in [0, 0.1) is 12.8 Å². The van der Waals surface area contributed by atoms with Crippen LogP contribution in [-0.4, -0.2) is 47.9 Å². The first-order chi connectivity index (χ1) is 15.1. The number of benzene rings is 2. The third-order valence-electron chi connectivity index (χ3n) is 6.03. The highest BCUT2D eigenvalue weighted by Crippen LogP contribution is 2.19. The molecular formula is C25H30N4O2. The molecule has 6 nitrogen and oxygen atoms in total. The van der Waals surface area contributed by atoms with E-state index < -0.39 is 0 Å². The third-order valence-corrected chi connectivity index (χ3v) is 6.03. The van der Waals surface area contributed by atoms with Gasteiger partial charge in [0.2, 0.25) is 11.8 Å². The molecule has 1 aliphatic rings. The average Bonchev–Trinajstić information content (AvgIpc) is 3.19. The molecule has 0 atom stereocenters. The van der Waals surface area contributed by atoms with Gasteiger partial charge in [-0.25, -0.2) is 0 Å². The minimum Gasteiger partial charge on any atom is -0.361 e. The Bertz CT molecular complexity index is 1030. The minimum absolute atomic E-state index is 0.00881. The average molecular weight is 419 g/mol. The Hall–Kier alpha value is -3.12. The smallest absolute Gasteiger partial charge is 0.238 e. The molecule has 162 valence electrons. The normalized spacial score (nSPS) is 15.1. The predicted octanol–water partition coefficient (Wildman–Crippen LogP) is 3.49. The fourth-order valence-electron chi connectivity index (χ4n) is 4.20. The first-order valence-electron chi connectivity index (χ1n) is 11.0. The lowest BCUT2D eigenvalue weighted by molar-refractivity contribution is -0.126. The van der Waals surface area contributed by atoms with Gasteiger partial charge in [0.05, 0.1) is 6.54 Å². The zero-order valence-corrected chi connectivity index (χ0v) is 18.0. The number of rotatable bonds is 7. The summed E-state index contributed by atoms with van der Waals surface area (Å²) in [5, 5.41) is 7.26. The Morgan fingerprint density at radius 1 is 1.06 bits per heavy atom. The molecule has 4 rings (SSSR count). The largest absolute Gasteiger partial charge is 0.361 e. The number of likely N-dealkylation sites (tertiary alicyclic amines) is 1. The molecule has 0 unspecified atom stereocenters. The van der Waals surface area contributed by atoms with Crippen molar-refractivity contribution in [2.45, 2.75) is 26.2 Å². The monoisotopic (exact) mass is 418 g/mol. The molecule has 6 heteroatoms. The molecule has 2 amide bonds. The highest BCUT2D eigenvalue weighted by molar-refractivity contribution is 5.92. The van der Waals surface area contributed by atoms with E-state index in [1.54, 1.807) is 0 Å². The Morgan fingerprint density at radius 2 is 1.81 bits per heavy atom. The van der Waals surface area contributed by atoms with Crippen LogP contribution in [0.3, 0.4) is 0 Å². The molecule has 2 heterocycles. The number of aryl methyl sites for hydroxylation is 1. The van der Waals surface area contributed by atoms with Crippen LogP contribution < -0.4 is 10.6 Å². The second-order valence-electron chi connectivity index (χ2n) is 8.37. The van der Waals surface area contributed by atoms with Crippen molar-refractivity contribution >= 4 is 28.4 Å². The molecular weight excluding hydrogens is 388 g/mol. The molecule has 1 saturated heterocycles. The van der Waals surface area contributed by atoms with E-state index in [9.17, 15) is 9.59 Å². The van der Waals surface area contributed by atoms with E-state index in [1.807, 2.05) is 49.5 Å². The maximum absolute atomic E-state index is 12.6. The number of H-pyrrole nitrogens is 1. The van der Waals surface area contributed by atoms with Crippen molar-refractivity contribution in [3.8, 4) is 0 Å². The number of fused-ring (bicyclic) bond motifs is 1. The first-order valence-corrected chi connectivity index (χ1v) is 11.0. The number of hydrogen-bond acceptors (Lipinski definition) is 3. The molecule has 0 radical (unpaired) electrons. The Kier molecular flexibility index (Phi) is 6.67. The van der Waals surface area contributed by atoms with Crippen molar-refractivity contribution < 1.29 is 9.59 Å². The molecule has 0 aliphatic carbocycles. The number of nitrogens with zero attached hydrogens (tertiary/aromatic N) is 1. The third kappa shape index (κ3) is 5.52. The van der Waals surface area contributed by atoms with Gasteiger partial charge < -0.3 is 15.6 Å². The van der Waals surface area contributed by atoms with Crippen LogP contribution in [0.1, 0.15) is 24.0 Å². The van der Waals surface area contributed by atoms with Gasteiger partial charge in [0.25, 0.3) is 0 Å². The van der Waals surface area contributed by atoms with Gasteiger partial charge in [-0.1, -0.05) is 35.9 Å². The van der Waals surface area contributed by atoms with Crippen LogP contribution in [0.15, 0.2) is 54.7 Å². The molecule has 0 saturated carbocycles. The molecule has 1 aromatic heterocycles. The second-order valence-corrected chi connectivity index (χ2v) is 8.37. The lowest BCUT2D eigenvalue weighted by atomic mass is 9.96. The van der Waals surface area contributed by atoms with Gasteiger partial charge in [0.15, 0.2) is 0 Å². The Balaban J connectivity index is 1.17. The van der Waals surface area contributed by atoms with Crippen LogP contribution in [0.5, 0.6) is 0 Å². The summed E-state index contributed by atoms with van der Waals surface area (Å²) in [6.07, 6.45) is 4.41. The molecule has 3 N–H and O–H groups in total. The van der Waals surface area contributed by atoms with Crippen LogP contribution in [0.4, 0.5) is 5.69 Å². The molecule has 0 spiro atoms. The number of piperidine rings is 1. The van der Waals surface area contributed by atoms with E-state index in [4.69, 9.17) is 0 Å². The maximum Gasteiger partial charge on any atom is 0.238 e. The fourth-order valence-corrected chi connectivity index (χ4v) is 4.20. The lowest BCUT2D eigenvalue weighted by Gasteiger charge is -2.30. The Morgan fingerprint density at radius 3 is 2.58 bits per heavy atom. The van der Waals surface area contributed by atoms with Crippen LogP contribution >= 0.6 is 0 Å². The number of hydrogen-bond donors (Lipinski definition) is 3. The quantitative estimate of drug-likeness (QED) is 0.550. The van der Waals surface area contributed by atoms with E-state index >= 15 is 0 Å². The number of para-hydroxylation sites is 1. The van der Waals surface area contributed by atoms with E-state index in [0.29, 0.717) is 13.1 Å². The van der Waals surface area contributed by atoms with Crippen molar-refractivity contribution in [3.05, 3.63) is 65.9 Å². The zero-order valence-electron chi connectivity index (χ0n) is 18.0. The van der Waals surface area contributed by atoms with Gasteiger partial charge in [-0.3, -0.25) is 14.5 Å². The highest BCUT2D eigenvalue weighted by atomic mass is 16.2. The van der Waals surface area contributed by atoms with Gasteiger partial charge in [0, 0.05) is 35.2 Å². The van der Waals surface area contributed by atoms with Crippen molar-refractivity contribution in [2.24, 2.45) is 5.92 Å². The molecule has 1 aliphatic heterocycles. The van der Waals surface area contributed by atoms with E-state index in [1.165, 1.54) is 16.5 Å². The summed E-state index contributed by atoms with van der Waals surface area (Å²) in [4.78, 5) is 30.3. The minimum atomic E-state index is -0.00881. The molecule has 31 heavy (non-hydrogen) atoms. The molecule has 2 aromatic carbocycles. The molecule has 1 fully saturated rings. The van der Waals surface area contributed by atoms with Gasteiger partial charge in [0.1, 0.15) is 0 Å². The highest BCUT2D eigenvalue weighted by Gasteiger charge is 2.25. The number of carbonyl (C=O) groups excluding carboxylic acids is 2. The van der Waals surface area contributed by atoms with Gasteiger partial charge in [-0.2, -0.15) is 0 Å². The second kappa shape index (κ2) is 9.79. The first kappa shape index (κ1) is 21.1. The van der Waals surface area contributed by atoms with Crippen molar-refractivity contribution in [3.63, 3.8) is 0 Å². The molecule has 3 aromatic rings. The number of aromatic amines is 1. The summed E-state index contributed by atoms with van der Waals surface area (Å²) in [5.74, 6) is 0.147. The number of amides is 2. The summed E-state index contributed by atoms with van der Waals surface area (Å²) >= 11 is 0. The topological polar surface area (TPSA) is 77.2 Å². The molecule has 0 bridgehead atoms. The summed E-state index contributed by atoms with van der Waals surface area (Å²) in [5.41, 5.74) is 4.34. The predicted molar refractivity (Wildman–Crippen MR) is 124 cm³/mol. The fraction of sp³-hybridized carbons (Fsp3) is 0.360. The summed E-state index contributed by atoms with van der Waals surface area (Å²) in [6.45, 7) is 4.56. The standard InChI is InChI=1S/C25H30N4O2/c1-18-6-8-21(9-7-18)28-24(30)17-29-14-11-19(12-15-29)25(31)26-13-10-20-16-27-23-5-3-2-4-22(20)23/h2-9,16,19,27H,10-15,17H2,1H3,(H,26,31)(H,28,30). The summed E-state index contributed by atoms with van der Waals surface area (Å²) in [7, 11) is 0. The maximum atomic E-state index is 12.6. The summed E-state index contributed by atoms with van der Waals surface area (Å²) < 4.78 is 0. The van der Waals surface area contributed by atoms with E-state index in [-0.39, 0.29) is 17.7 Å². The van der Waals surface area contributed by atoms with Crippen molar-refractivity contribution in [1.29, 1.82) is 0 Å². The van der Waals surface area contributed by atoms with Crippen molar-refractivity contribution in [2.75, 3.05) is 31.5 Å². The number of anilines is 1. The number of aromatic nitrogens is 1. The zero-order chi connectivity index (χ0) is 21.6. The lowest BCUT2D eigenvalue weighted by Crippen LogP contribution is -2.43. The summed E-state index contributed by atoms with van der Waals surface area (Å²) in [6, 6.07) is 16.0. The number of carbonyl (C=O) groups is 2. The van der Waals surface area contributed by atoms with Gasteiger partial charge in [-0.15, -0.1) is 0 Å². The van der Waals surface area contributed by atoms with Crippen LogP contribution in [0.2, 0.25) is 0 Å². The number of nitrogens with one attached hydrogen (secondary N) is 3. The van der Waals surface area contributed by atoms with Crippen LogP contribution in [0.25, 0.3) is 10.9 Å². The Labute approximate surface area is 183 Å². The van der Waals surface area contributed by atoms with Gasteiger partial charge in [-0.05, 0) is 63.0 Å². The van der Waals surface area contributed by atoms with Crippen molar-refractivity contribution in [1.82, 2.24) is 15.2 Å². The van der Waals surface area contributed by atoms with Crippen LogP contribution in [-0.2, 0) is 16.0 Å². The van der Waals surface area contributed by atoms with Gasteiger partial charge >= 0.3 is 0 Å². The SMILES string of the molecule is Cc1ccc(NC(=O)CN2CCC(C(=O)NCCc3c[nH]c4ccccc34)CC2)cc1. The van der Waals surface area contributed by atoms with E-state index in [0.717, 1.165) is 43.6 Å². The van der Waals surface area contributed by atoms with E-state index in [2.05, 4.69) is 32.7 Å².